The Bertz CT molecular complexity index is 1100. The van der Waals surface area contributed by atoms with Crippen LogP contribution in [0, 0.1) is 0 Å². The molecule has 6 heteroatoms. The minimum Gasteiger partial charge on any atom is -0.494 e. The fourth-order valence-corrected chi connectivity index (χ4v) is 5.71. The Hall–Kier alpha value is -2.31. The maximum absolute atomic E-state index is 12.7. The van der Waals surface area contributed by atoms with E-state index in [0.29, 0.717) is 12.4 Å². The monoisotopic (exact) mass is 424 g/mol. The van der Waals surface area contributed by atoms with Crippen LogP contribution in [0.1, 0.15) is 26.3 Å². The highest BCUT2D eigenvalue weighted by atomic mass is 32.2. The summed E-state index contributed by atoms with van der Waals surface area (Å²) in [5.41, 5.74) is 4.22. The smallest absolute Gasteiger partial charge is 0.167 e. The molecule has 150 valence electrons. The average molecular weight is 425 g/mol. The molecule has 0 spiro atoms. The molecule has 1 aromatic heterocycles. The minimum atomic E-state index is -0.183. The average Bonchev–Trinajstić information content (AvgIpc) is 3.19. The molecule has 0 unspecified atom stereocenters. The van der Waals surface area contributed by atoms with E-state index in [4.69, 9.17) is 4.74 Å². The van der Waals surface area contributed by atoms with Crippen molar-refractivity contribution in [2.24, 2.45) is 0 Å². The SMILES string of the molecule is CCOc1ccc2nc(SCC(=O)C=C3N(C)c4ccccc4C3(C)C)sc2c1. The summed E-state index contributed by atoms with van der Waals surface area (Å²) in [5, 5.41) is 0. The lowest BCUT2D eigenvalue weighted by Crippen LogP contribution is -2.24. The Balaban J connectivity index is 1.48. The number of ketones is 1. The predicted molar refractivity (Wildman–Crippen MR) is 122 cm³/mol. The van der Waals surface area contributed by atoms with Crippen molar-refractivity contribution in [2.75, 3.05) is 24.3 Å². The van der Waals surface area contributed by atoms with Gasteiger partial charge in [0.25, 0.3) is 0 Å². The summed E-state index contributed by atoms with van der Waals surface area (Å²) >= 11 is 3.10. The predicted octanol–water partition coefficient (Wildman–Crippen LogP) is 5.67. The van der Waals surface area contributed by atoms with Crippen LogP contribution >= 0.6 is 23.1 Å². The van der Waals surface area contributed by atoms with Crippen LogP contribution in [0.4, 0.5) is 5.69 Å². The number of nitrogens with zero attached hydrogens (tertiary/aromatic N) is 2. The van der Waals surface area contributed by atoms with Crippen molar-refractivity contribution >= 4 is 44.8 Å². The van der Waals surface area contributed by atoms with Gasteiger partial charge in [-0.15, -0.1) is 11.3 Å². The van der Waals surface area contributed by atoms with E-state index in [0.717, 1.165) is 26.0 Å². The number of carbonyl (C=O) groups is 1. The summed E-state index contributed by atoms with van der Waals surface area (Å²) in [5.74, 6) is 1.33. The Morgan fingerprint density at radius 1 is 1.28 bits per heavy atom. The maximum Gasteiger partial charge on any atom is 0.167 e. The molecule has 0 atom stereocenters. The summed E-state index contributed by atoms with van der Waals surface area (Å²) < 4.78 is 7.54. The summed E-state index contributed by atoms with van der Waals surface area (Å²) in [6.07, 6.45) is 1.80. The van der Waals surface area contributed by atoms with Crippen LogP contribution in [-0.2, 0) is 10.2 Å². The summed E-state index contributed by atoms with van der Waals surface area (Å²) in [6.45, 7) is 6.96. The van der Waals surface area contributed by atoms with E-state index >= 15 is 0 Å². The van der Waals surface area contributed by atoms with Gasteiger partial charge < -0.3 is 9.64 Å². The number of thiazole rings is 1. The van der Waals surface area contributed by atoms with E-state index in [1.54, 1.807) is 17.4 Å². The van der Waals surface area contributed by atoms with Crippen molar-refractivity contribution in [2.45, 2.75) is 30.5 Å². The summed E-state index contributed by atoms with van der Waals surface area (Å²) in [6, 6.07) is 14.3. The second kappa shape index (κ2) is 7.84. The zero-order valence-corrected chi connectivity index (χ0v) is 18.7. The first kappa shape index (κ1) is 20.0. The van der Waals surface area contributed by atoms with Crippen molar-refractivity contribution in [1.29, 1.82) is 0 Å². The molecule has 4 rings (SSSR count). The molecule has 0 fully saturated rings. The highest BCUT2D eigenvalue weighted by Crippen LogP contribution is 2.46. The Morgan fingerprint density at radius 3 is 2.83 bits per heavy atom. The number of anilines is 1. The van der Waals surface area contributed by atoms with E-state index in [2.05, 4.69) is 41.9 Å². The number of fused-ring (bicyclic) bond motifs is 2. The zero-order chi connectivity index (χ0) is 20.6. The maximum atomic E-state index is 12.7. The molecule has 0 N–H and O–H groups in total. The number of carbonyl (C=O) groups excluding carboxylic acids is 1. The number of allylic oxidation sites excluding steroid dienone is 2. The van der Waals surface area contributed by atoms with Gasteiger partial charge in [0.05, 0.1) is 22.6 Å². The number of para-hydroxylation sites is 1. The molecule has 0 amide bonds. The van der Waals surface area contributed by atoms with E-state index in [1.807, 2.05) is 38.2 Å². The lowest BCUT2D eigenvalue weighted by molar-refractivity contribution is -0.112. The minimum absolute atomic E-state index is 0.104. The molecule has 2 heterocycles. The standard InChI is InChI=1S/C23H24N2O2S2/c1-5-27-16-10-11-18-20(13-16)29-22(24-18)28-14-15(26)12-21-23(2,3)17-8-6-7-9-19(17)25(21)4/h6-13H,5,14H2,1-4H3. The second-order valence-electron chi connectivity index (χ2n) is 7.53. The molecule has 0 aliphatic carbocycles. The van der Waals surface area contributed by atoms with Gasteiger partial charge in [-0.2, -0.15) is 0 Å². The molecular weight excluding hydrogens is 400 g/mol. The van der Waals surface area contributed by atoms with Gasteiger partial charge in [-0.3, -0.25) is 4.79 Å². The second-order valence-corrected chi connectivity index (χ2v) is 9.78. The van der Waals surface area contributed by atoms with Crippen molar-refractivity contribution in [1.82, 2.24) is 4.98 Å². The van der Waals surface area contributed by atoms with Gasteiger partial charge >= 0.3 is 0 Å². The van der Waals surface area contributed by atoms with Gasteiger partial charge in [-0.25, -0.2) is 4.98 Å². The molecule has 1 aliphatic rings. The van der Waals surface area contributed by atoms with Gasteiger partial charge in [0.1, 0.15) is 5.75 Å². The van der Waals surface area contributed by atoms with Crippen LogP contribution in [0.3, 0.4) is 0 Å². The van der Waals surface area contributed by atoms with E-state index in [-0.39, 0.29) is 11.2 Å². The lowest BCUT2D eigenvalue weighted by Gasteiger charge is -2.23. The van der Waals surface area contributed by atoms with Crippen molar-refractivity contribution in [3.63, 3.8) is 0 Å². The van der Waals surface area contributed by atoms with Crippen LogP contribution < -0.4 is 9.64 Å². The first-order valence-electron chi connectivity index (χ1n) is 9.64. The molecule has 29 heavy (non-hydrogen) atoms. The molecule has 2 aromatic carbocycles. The number of ether oxygens (including phenoxy) is 1. The highest BCUT2D eigenvalue weighted by Gasteiger charge is 2.38. The van der Waals surface area contributed by atoms with E-state index < -0.39 is 0 Å². The van der Waals surface area contributed by atoms with Crippen molar-refractivity contribution in [3.05, 3.63) is 59.8 Å². The molecule has 4 nitrogen and oxygen atoms in total. The number of hydrogen-bond acceptors (Lipinski definition) is 6. The number of hydrogen-bond donors (Lipinski definition) is 0. The summed E-state index contributed by atoms with van der Waals surface area (Å²) in [4.78, 5) is 19.5. The molecular formula is C23H24N2O2S2. The third-order valence-corrected chi connectivity index (χ3v) is 7.41. The highest BCUT2D eigenvalue weighted by molar-refractivity contribution is 8.01. The van der Waals surface area contributed by atoms with Gasteiger partial charge in [-0.05, 0) is 36.8 Å². The Kier molecular flexibility index (Phi) is 5.40. The van der Waals surface area contributed by atoms with Gasteiger partial charge in [0, 0.05) is 29.9 Å². The largest absolute Gasteiger partial charge is 0.494 e. The number of benzene rings is 2. The molecule has 0 saturated carbocycles. The topological polar surface area (TPSA) is 42.4 Å². The van der Waals surface area contributed by atoms with Crippen molar-refractivity contribution < 1.29 is 9.53 Å². The molecule has 0 bridgehead atoms. The first-order chi connectivity index (χ1) is 13.9. The first-order valence-corrected chi connectivity index (χ1v) is 11.4. The third-order valence-electron chi connectivity index (χ3n) is 5.23. The number of thioether (sulfide) groups is 1. The number of rotatable bonds is 6. The summed E-state index contributed by atoms with van der Waals surface area (Å²) in [7, 11) is 2.03. The molecule has 0 saturated heterocycles. The van der Waals surface area contributed by atoms with Gasteiger partial charge in [0.15, 0.2) is 10.1 Å². The fraction of sp³-hybridized carbons (Fsp3) is 0.304. The van der Waals surface area contributed by atoms with E-state index in [1.165, 1.54) is 23.0 Å². The van der Waals surface area contributed by atoms with Gasteiger partial charge in [0.2, 0.25) is 0 Å². The fourth-order valence-electron chi connectivity index (χ4n) is 3.79. The normalized spacial score (nSPS) is 16.4. The third kappa shape index (κ3) is 3.79. The van der Waals surface area contributed by atoms with Crippen LogP contribution in [0.15, 0.2) is 58.6 Å². The van der Waals surface area contributed by atoms with Crippen LogP contribution in [0.5, 0.6) is 5.75 Å². The number of likely N-dealkylation sites (N-methyl/N-ethyl adjacent to an activating group) is 1. The van der Waals surface area contributed by atoms with Gasteiger partial charge in [-0.1, -0.05) is 43.8 Å². The Labute approximate surface area is 179 Å². The van der Waals surface area contributed by atoms with E-state index in [9.17, 15) is 4.79 Å². The Morgan fingerprint density at radius 2 is 2.07 bits per heavy atom. The molecule has 1 aliphatic heterocycles. The lowest BCUT2D eigenvalue weighted by atomic mass is 9.83. The molecule has 3 aromatic rings. The van der Waals surface area contributed by atoms with Crippen LogP contribution in [0.25, 0.3) is 10.2 Å². The zero-order valence-electron chi connectivity index (χ0n) is 17.1. The van der Waals surface area contributed by atoms with Crippen LogP contribution in [-0.4, -0.2) is 30.2 Å². The van der Waals surface area contributed by atoms with Crippen LogP contribution in [0.2, 0.25) is 0 Å². The quantitative estimate of drug-likeness (QED) is 0.377. The number of aromatic nitrogens is 1. The van der Waals surface area contributed by atoms with Crippen molar-refractivity contribution in [3.8, 4) is 5.75 Å². The molecule has 0 radical (unpaired) electrons.